The second-order valence-corrected chi connectivity index (χ2v) is 8.61. The van der Waals surface area contributed by atoms with Crippen molar-refractivity contribution in [3.63, 3.8) is 0 Å². The maximum Gasteiger partial charge on any atom is 0.328 e. The maximum absolute atomic E-state index is 13.3. The van der Waals surface area contributed by atoms with Crippen molar-refractivity contribution in [3.05, 3.63) is 52.3 Å². The summed E-state index contributed by atoms with van der Waals surface area (Å²) in [5, 5.41) is 3.42. The van der Waals surface area contributed by atoms with Crippen LogP contribution in [0.15, 0.2) is 35.3 Å². The van der Waals surface area contributed by atoms with Crippen LogP contribution in [-0.4, -0.2) is 43.0 Å². The summed E-state index contributed by atoms with van der Waals surface area (Å²) in [5.74, 6) is 0.179. The third-order valence-corrected chi connectivity index (χ3v) is 6.67. The van der Waals surface area contributed by atoms with Crippen molar-refractivity contribution in [2.75, 3.05) is 18.4 Å². The van der Waals surface area contributed by atoms with Crippen LogP contribution in [0.2, 0.25) is 0 Å². The quantitative estimate of drug-likeness (QED) is 0.687. The van der Waals surface area contributed by atoms with E-state index in [2.05, 4.69) is 10.3 Å². The normalized spacial score (nSPS) is 15.8. The molecule has 8 nitrogen and oxygen atoms in total. The maximum atomic E-state index is 13.3. The number of aryl methyl sites for hydroxylation is 1. The molecule has 0 unspecified atom stereocenters. The highest BCUT2D eigenvalue weighted by molar-refractivity contribution is 5.80. The lowest BCUT2D eigenvalue weighted by Crippen LogP contribution is -2.40. The molecule has 0 bridgehead atoms. The van der Waals surface area contributed by atoms with Gasteiger partial charge in [-0.25, -0.2) is 9.78 Å². The Kier molecular flexibility index (Phi) is 5.07. The summed E-state index contributed by atoms with van der Waals surface area (Å²) in [5.41, 5.74) is 6.29. The van der Waals surface area contributed by atoms with E-state index in [4.69, 9.17) is 4.98 Å². The standard InChI is InChI=1S/C24H28N6O2/c1-4-21(31)29-11-9-17(10-12-29)30-23-20(28(3)24(30)32)14-26-19-8-7-18(27-22(19)23)16-6-5-15(2)25-13-16/h5-8,13,17,26H,4,9-12,14H2,1-3H3. The Balaban J connectivity index is 1.57. The molecule has 0 spiro atoms. The van der Waals surface area contributed by atoms with Gasteiger partial charge >= 0.3 is 5.69 Å². The second kappa shape index (κ2) is 7.93. The first-order valence-corrected chi connectivity index (χ1v) is 11.2. The van der Waals surface area contributed by atoms with Gasteiger partial charge in [0.05, 0.1) is 29.3 Å². The molecule has 3 aromatic heterocycles. The van der Waals surface area contributed by atoms with Crippen LogP contribution < -0.4 is 11.0 Å². The minimum absolute atomic E-state index is 0.0193. The number of nitrogens with one attached hydrogen (secondary N) is 1. The largest absolute Gasteiger partial charge is 0.378 e. The molecule has 5 heterocycles. The molecule has 0 atom stereocenters. The predicted octanol–water partition coefficient (Wildman–Crippen LogP) is 3.12. The van der Waals surface area contributed by atoms with Crippen LogP contribution in [0.4, 0.5) is 5.69 Å². The number of imidazole rings is 1. The molecule has 2 aliphatic rings. The molecule has 0 saturated carbocycles. The fraction of sp³-hybridized carbons (Fsp3) is 0.417. The van der Waals surface area contributed by atoms with Crippen LogP contribution in [-0.2, 0) is 18.4 Å². The van der Waals surface area contributed by atoms with Crippen molar-refractivity contribution in [3.8, 4) is 22.6 Å². The van der Waals surface area contributed by atoms with Gasteiger partial charge in [-0.2, -0.15) is 0 Å². The molecule has 0 aliphatic carbocycles. The van der Waals surface area contributed by atoms with Gasteiger partial charge in [-0.15, -0.1) is 0 Å². The zero-order valence-corrected chi connectivity index (χ0v) is 18.8. The van der Waals surface area contributed by atoms with E-state index in [1.807, 2.05) is 60.8 Å². The molecule has 8 heteroatoms. The number of nitrogens with zero attached hydrogens (tertiary/aromatic N) is 5. The van der Waals surface area contributed by atoms with Crippen LogP contribution in [0.25, 0.3) is 22.6 Å². The van der Waals surface area contributed by atoms with Crippen LogP contribution in [0.5, 0.6) is 0 Å². The van der Waals surface area contributed by atoms with Gasteiger partial charge in [0.25, 0.3) is 0 Å². The van der Waals surface area contributed by atoms with Crippen LogP contribution >= 0.6 is 0 Å². The average molecular weight is 433 g/mol. The van der Waals surface area contributed by atoms with Crippen LogP contribution in [0.3, 0.4) is 0 Å². The van der Waals surface area contributed by atoms with Crippen molar-refractivity contribution >= 4 is 11.6 Å². The van der Waals surface area contributed by atoms with Crippen molar-refractivity contribution in [1.29, 1.82) is 0 Å². The summed E-state index contributed by atoms with van der Waals surface area (Å²) < 4.78 is 3.66. The molecule has 1 amide bonds. The number of hydrogen-bond donors (Lipinski definition) is 1. The second-order valence-electron chi connectivity index (χ2n) is 8.61. The summed E-state index contributed by atoms with van der Waals surface area (Å²) in [7, 11) is 1.83. The van der Waals surface area contributed by atoms with E-state index in [1.54, 1.807) is 4.57 Å². The molecule has 32 heavy (non-hydrogen) atoms. The zero-order chi connectivity index (χ0) is 22.4. The molecule has 0 aromatic carbocycles. The third kappa shape index (κ3) is 3.30. The van der Waals surface area contributed by atoms with Crippen molar-refractivity contribution in [1.82, 2.24) is 24.0 Å². The van der Waals surface area contributed by atoms with E-state index in [-0.39, 0.29) is 17.6 Å². The predicted molar refractivity (Wildman–Crippen MR) is 123 cm³/mol. The summed E-state index contributed by atoms with van der Waals surface area (Å²) >= 11 is 0. The van der Waals surface area contributed by atoms with Crippen molar-refractivity contribution in [2.45, 2.75) is 45.7 Å². The van der Waals surface area contributed by atoms with Crippen LogP contribution in [0, 0.1) is 6.92 Å². The molecule has 0 radical (unpaired) electrons. The Morgan fingerprint density at radius 3 is 2.66 bits per heavy atom. The molecule has 2 aliphatic heterocycles. The van der Waals surface area contributed by atoms with Crippen LogP contribution in [0.1, 0.15) is 43.6 Å². The number of fused-ring (bicyclic) bond motifs is 3. The number of amides is 1. The van der Waals surface area contributed by atoms with Crippen molar-refractivity contribution < 1.29 is 4.79 Å². The number of pyridine rings is 2. The first-order chi connectivity index (χ1) is 15.5. The minimum Gasteiger partial charge on any atom is -0.378 e. The number of carbonyl (C=O) groups excluding carboxylic acids is 1. The number of rotatable bonds is 3. The first-order valence-electron chi connectivity index (χ1n) is 11.2. The van der Waals surface area contributed by atoms with Gasteiger partial charge < -0.3 is 10.2 Å². The lowest BCUT2D eigenvalue weighted by Gasteiger charge is -2.33. The van der Waals surface area contributed by atoms with Gasteiger partial charge in [-0.1, -0.05) is 6.92 Å². The fourth-order valence-electron chi connectivity index (χ4n) is 4.80. The minimum atomic E-state index is -0.0193. The smallest absolute Gasteiger partial charge is 0.328 e. The molecule has 1 saturated heterocycles. The number of anilines is 1. The van der Waals surface area contributed by atoms with E-state index in [0.29, 0.717) is 26.1 Å². The van der Waals surface area contributed by atoms with Gasteiger partial charge in [0.15, 0.2) is 0 Å². The molecule has 3 aromatic rings. The summed E-state index contributed by atoms with van der Waals surface area (Å²) in [6.45, 7) is 5.80. The van der Waals surface area contributed by atoms with Gasteiger partial charge in [0, 0.05) is 50.1 Å². The van der Waals surface area contributed by atoms with E-state index >= 15 is 0 Å². The number of piperidine rings is 1. The van der Waals surface area contributed by atoms with E-state index < -0.39 is 0 Å². The average Bonchev–Trinajstić information content (AvgIpc) is 3.09. The van der Waals surface area contributed by atoms with E-state index in [9.17, 15) is 9.59 Å². The lowest BCUT2D eigenvalue weighted by molar-refractivity contribution is -0.132. The lowest BCUT2D eigenvalue weighted by atomic mass is 10.0. The third-order valence-electron chi connectivity index (χ3n) is 6.67. The van der Waals surface area contributed by atoms with Gasteiger partial charge in [0.2, 0.25) is 5.91 Å². The Morgan fingerprint density at radius 1 is 1.19 bits per heavy atom. The molecular formula is C24H28N6O2. The number of aromatic nitrogens is 4. The Bertz CT molecular complexity index is 1230. The van der Waals surface area contributed by atoms with Gasteiger partial charge in [0.1, 0.15) is 5.69 Å². The first kappa shape index (κ1) is 20.5. The summed E-state index contributed by atoms with van der Waals surface area (Å²) in [6.07, 6.45) is 3.89. The topological polar surface area (TPSA) is 85.0 Å². The molecule has 1 N–H and O–H groups in total. The Morgan fingerprint density at radius 2 is 1.97 bits per heavy atom. The molecule has 5 rings (SSSR count). The highest BCUT2D eigenvalue weighted by atomic mass is 16.2. The van der Waals surface area contributed by atoms with Gasteiger partial charge in [-0.05, 0) is 44.0 Å². The number of hydrogen-bond acceptors (Lipinski definition) is 5. The Labute approximate surface area is 186 Å². The fourth-order valence-corrected chi connectivity index (χ4v) is 4.80. The molecule has 166 valence electrons. The monoisotopic (exact) mass is 432 g/mol. The SMILES string of the molecule is CCC(=O)N1CCC(n2c3c(n(C)c2=O)CNc2ccc(-c4ccc(C)nc4)nc2-3)CC1. The molecule has 1 fully saturated rings. The summed E-state index contributed by atoms with van der Waals surface area (Å²) in [6, 6.07) is 8.07. The van der Waals surface area contributed by atoms with E-state index in [1.165, 1.54) is 0 Å². The zero-order valence-electron chi connectivity index (χ0n) is 18.8. The highest BCUT2D eigenvalue weighted by Crippen LogP contribution is 2.38. The summed E-state index contributed by atoms with van der Waals surface area (Å²) in [4.78, 5) is 36.7. The Hall–Kier alpha value is -3.42. The molecular weight excluding hydrogens is 404 g/mol. The number of likely N-dealkylation sites (tertiary alicyclic amines) is 1. The van der Waals surface area contributed by atoms with E-state index in [0.717, 1.165) is 52.6 Å². The van der Waals surface area contributed by atoms with Gasteiger partial charge in [-0.3, -0.25) is 18.9 Å². The highest BCUT2D eigenvalue weighted by Gasteiger charge is 2.32. The number of carbonyl (C=O) groups is 1. The van der Waals surface area contributed by atoms with Crippen molar-refractivity contribution in [2.24, 2.45) is 7.05 Å².